The lowest BCUT2D eigenvalue weighted by Crippen LogP contribution is -2.45. The second-order valence-electron chi connectivity index (χ2n) is 16.2. The molecule has 0 rings (SSSR count). The van der Waals surface area contributed by atoms with E-state index in [1.165, 1.54) is 141 Å². The first-order valence-corrected chi connectivity index (χ1v) is 24.0. The Morgan fingerprint density at radius 2 is 0.800 bits per heavy atom. The summed E-state index contributed by atoms with van der Waals surface area (Å²) in [6.07, 6.45) is 64.5. The van der Waals surface area contributed by atoms with E-state index in [2.05, 4.69) is 79.9 Å². The summed E-state index contributed by atoms with van der Waals surface area (Å²) in [5, 5.41) is 23.2. The van der Waals surface area contributed by atoms with Crippen LogP contribution in [0, 0.1) is 0 Å². The average Bonchev–Trinajstić information content (AvgIpc) is 3.19. The Balaban J connectivity index is 3.56. The van der Waals surface area contributed by atoms with Crippen LogP contribution in [0.25, 0.3) is 0 Å². The minimum Gasteiger partial charge on any atom is -0.394 e. The van der Waals surface area contributed by atoms with Crippen molar-refractivity contribution in [1.29, 1.82) is 0 Å². The van der Waals surface area contributed by atoms with Crippen LogP contribution in [0.5, 0.6) is 0 Å². The number of unbranched alkanes of at least 4 members (excludes halogenated alkanes) is 26. The third-order valence-corrected chi connectivity index (χ3v) is 10.8. The van der Waals surface area contributed by atoms with Crippen LogP contribution >= 0.6 is 0 Å². The number of aliphatic hydroxyl groups excluding tert-OH is 2. The van der Waals surface area contributed by atoms with Crippen molar-refractivity contribution in [3.8, 4) is 0 Å². The van der Waals surface area contributed by atoms with E-state index < -0.39 is 12.1 Å². The quantitative estimate of drug-likeness (QED) is 0.0427. The second kappa shape index (κ2) is 46.5. The highest BCUT2D eigenvalue weighted by atomic mass is 16.3. The van der Waals surface area contributed by atoms with E-state index in [0.717, 1.165) is 70.6 Å². The van der Waals surface area contributed by atoms with Crippen LogP contribution in [0.15, 0.2) is 60.8 Å². The third kappa shape index (κ3) is 43.1. The summed E-state index contributed by atoms with van der Waals surface area (Å²) >= 11 is 0. The number of allylic oxidation sites excluding steroid dienone is 10. The molecular formula is C51H93NO3. The SMILES string of the molecule is CC/C=C\C/C=C\C/C=C\C/C=C\C/C=C\CCCCCCCC(=O)NC(CO)C(O)CCCCCCCCCCCCCCCCCCCCCCCC. The van der Waals surface area contributed by atoms with Crippen LogP contribution in [-0.2, 0) is 4.79 Å². The molecule has 0 radical (unpaired) electrons. The lowest BCUT2D eigenvalue weighted by Gasteiger charge is -2.22. The van der Waals surface area contributed by atoms with Gasteiger partial charge < -0.3 is 15.5 Å². The number of hydrogen-bond acceptors (Lipinski definition) is 3. The molecule has 55 heavy (non-hydrogen) atoms. The van der Waals surface area contributed by atoms with Crippen LogP contribution in [0.2, 0.25) is 0 Å². The lowest BCUT2D eigenvalue weighted by molar-refractivity contribution is -0.123. The first-order chi connectivity index (χ1) is 27.2. The fraction of sp³-hybridized carbons (Fsp3) is 0.784. The molecule has 0 saturated heterocycles. The predicted molar refractivity (Wildman–Crippen MR) is 244 cm³/mol. The van der Waals surface area contributed by atoms with Gasteiger partial charge in [0, 0.05) is 6.42 Å². The third-order valence-electron chi connectivity index (χ3n) is 10.8. The number of aliphatic hydroxyl groups is 2. The van der Waals surface area contributed by atoms with Crippen molar-refractivity contribution >= 4 is 5.91 Å². The van der Waals surface area contributed by atoms with E-state index in [1.807, 2.05) is 0 Å². The van der Waals surface area contributed by atoms with Crippen molar-refractivity contribution in [2.75, 3.05) is 6.61 Å². The van der Waals surface area contributed by atoms with Gasteiger partial charge in [-0.1, -0.05) is 235 Å². The summed E-state index contributed by atoms with van der Waals surface area (Å²) < 4.78 is 0. The van der Waals surface area contributed by atoms with Crippen LogP contribution < -0.4 is 5.32 Å². The minimum absolute atomic E-state index is 0.0500. The number of rotatable bonds is 43. The Bertz CT molecular complexity index is 919. The summed E-state index contributed by atoms with van der Waals surface area (Å²) in [5.41, 5.74) is 0. The van der Waals surface area contributed by atoms with E-state index in [9.17, 15) is 15.0 Å². The Morgan fingerprint density at radius 3 is 1.20 bits per heavy atom. The molecule has 2 atom stereocenters. The standard InChI is InChI=1S/C51H93NO3/c1-3-5-7-9-11-13-15-17-19-21-23-25-27-28-30-32-34-36-38-40-42-44-46-50(54)49(48-53)52-51(55)47-45-43-41-39-37-35-33-31-29-26-24-22-20-18-16-14-12-10-8-6-4-2/h6,8,12,14,18,20,24,26,31,33,49-50,53-54H,3-5,7,9-11,13,15-17,19,21-23,25,27-30,32,34-48H2,1-2H3,(H,52,55)/b8-6-,14-12-,20-18-,26-24-,33-31-. The minimum atomic E-state index is -0.671. The molecule has 4 nitrogen and oxygen atoms in total. The van der Waals surface area contributed by atoms with Crippen molar-refractivity contribution in [2.24, 2.45) is 0 Å². The second-order valence-corrected chi connectivity index (χ2v) is 16.2. The first kappa shape index (κ1) is 53.1. The average molecular weight is 768 g/mol. The number of carbonyl (C=O) groups excluding carboxylic acids is 1. The van der Waals surface area contributed by atoms with Gasteiger partial charge in [-0.3, -0.25) is 4.79 Å². The maximum atomic E-state index is 12.4. The van der Waals surface area contributed by atoms with Gasteiger partial charge >= 0.3 is 0 Å². The Labute approximate surface area is 343 Å². The zero-order chi connectivity index (χ0) is 40.0. The Morgan fingerprint density at radius 1 is 0.455 bits per heavy atom. The monoisotopic (exact) mass is 768 g/mol. The van der Waals surface area contributed by atoms with Gasteiger partial charge in [0.05, 0.1) is 18.8 Å². The fourth-order valence-electron chi connectivity index (χ4n) is 7.15. The van der Waals surface area contributed by atoms with Crippen molar-refractivity contribution < 1.29 is 15.0 Å². The molecule has 2 unspecified atom stereocenters. The maximum Gasteiger partial charge on any atom is 0.220 e. The van der Waals surface area contributed by atoms with Gasteiger partial charge in [-0.25, -0.2) is 0 Å². The lowest BCUT2D eigenvalue weighted by atomic mass is 10.0. The van der Waals surface area contributed by atoms with Gasteiger partial charge in [0.1, 0.15) is 0 Å². The molecule has 0 aromatic carbocycles. The van der Waals surface area contributed by atoms with Crippen molar-refractivity contribution in [3.63, 3.8) is 0 Å². The molecule has 3 N–H and O–H groups in total. The molecular weight excluding hydrogens is 675 g/mol. The molecule has 0 aliphatic carbocycles. The summed E-state index contributed by atoms with van der Waals surface area (Å²) in [6.45, 7) is 4.25. The molecule has 0 saturated carbocycles. The van der Waals surface area contributed by atoms with Gasteiger partial charge in [0.25, 0.3) is 0 Å². The van der Waals surface area contributed by atoms with Crippen molar-refractivity contribution in [3.05, 3.63) is 60.8 Å². The predicted octanol–water partition coefficient (Wildman–Crippen LogP) is 15.3. The summed E-state index contributed by atoms with van der Waals surface area (Å²) in [6, 6.07) is -0.550. The fourth-order valence-corrected chi connectivity index (χ4v) is 7.15. The normalized spacial score (nSPS) is 13.5. The van der Waals surface area contributed by atoms with E-state index in [1.54, 1.807) is 0 Å². The molecule has 0 aromatic heterocycles. The summed E-state index contributed by atoms with van der Waals surface area (Å²) in [5.74, 6) is -0.0500. The zero-order valence-corrected chi connectivity index (χ0v) is 36.7. The largest absolute Gasteiger partial charge is 0.394 e. The number of nitrogens with one attached hydrogen (secondary N) is 1. The Kier molecular flexibility index (Phi) is 44.9. The van der Waals surface area contributed by atoms with Crippen LogP contribution in [-0.4, -0.2) is 34.9 Å². The molecule has 0 bridgehead atoms. The van der Waals surface area contributed by atoms with Gasteiger partial charge in [0.15, 0.2) is 0 Å². The molecule has 0 fully saturated rings. The molecule has 4 heteroatoms. The van der Waals surface area contributed by atoms with Crippen LogP contribution in [0.3, 0.4) is 0 Å². The smallest absolute Gasteiger partial charge is 0.220 e. The Hall–Kier alpha value is -1.91. The van der Waals surface area contributed by atoms with Crippen LogP contribution in [0.4, 0.5) is 0 Å². The highest BCUT2D eigenvalue weighted by Crippen LogP contribution is 2.16. The summed E-state index contributed by atoms with van der Waals surface area (Å²) in [4.78, 5) is 12.4. The number of hydrogen-bond donors (Lipinski definition) is 3. The van der Waals surface area contributed by atoms with Gasteiger partial charge in [-0.2, -0.15) is 0 Å². The number of amides is 1. The van der Waals surface area contributed by atoms with E-state index >= 15 is 0 Å². The van der Waals surface area contributed by atoms with Crippen molar-refractivity contribution in [2.45, 2.75) is 251 Å². The van der Waals surface area contributed by atoms with Gasteiger partial charge in [-0.15, -0.1) is 0 Å². The van der Waals surface area contributed by atoms with Crippen molar-refractivity contribution in [1.82, 2.24) is 5.32 Å². The van der Waals surface area contributed by atoms with Gasteiger partial charge in [-0.05, 0) is 57.8 Å². The summed E-state index contributed by atoms with van der Waals surface area (Å²) in [7, 11) is 0. The molecule has 0 spiro atoms. The first-order valence-electron chi connectivity index (χ1n) is 24.0. The van der Waals surface area contributed by atoms with E-state index in [-0.39, 0.29) is 12.5 Å². The molecule has 1 amide bonds. The molecule has 320 valence electrons. The molecule has 0 aromatic rings. The highest BCUT2D eigenvalue weighted by molar-refractivity contribution is 5.76. The van der Waals surface area contributed by atoms with Gasteiger partial charge in [0.2, 0.25) is 5.91 Å². The molecule has 0 heterocycles. The van der Waals surface area contributed by atoms with E-state index in [4.69, 9.17) is 0 Å². The van der Waals surface area contributed by atoms with E-state index in [0.29, 0.717) is 12.8 Å². The van der Waals surface area contributed by atoms with Crippen LogP contribution in [0.1, 0.15) is 239 Å². The zero-order valence-electron chi connectivity index (χ0n) is 36.7. The molecule has 0 aliphatic heterocycles. The highest BCUT2D eigenvalue weighted by Gasteiger charge is 2.20. The molecule has 0 aliphatic rings. The topological polar surface area (TPSA) is 69.6 Å². The maximum absolute atomic E-state index is 12.4. The number of carbonyl (C=O) groups is 1.